The second-order valence-corrected chi connectivity index (χ2v) is 6.14. The standard InChI is InChI=1S/C14H17BrN2O3/c1-9-8-10(15)4-5-11(9)16-13(20)17-7-3-6-14(17,2)12(18)19/h4-5,8H,3,6-7H2,1-2H3,(H,16,20)(H,18,19). The van der Waals surface area contributed by atoms with Crippen LogP contribution in [0.25, 0.3) is 0 Å². The maximum Gasteiger partial charge on any atom is 0.329 e. The fourth-order valence-electron chi connectivity index (χ4n) is 2.46. The number of aliphatic carboxylic acids is 1. The summed E-state index contributed by atoms with van der Waals surface area (Å²) in [5.74, 6) is -0.960. The SMILES string of the molecule is Cc1cc(Br)ccc1NC(=O)N1CCCC1(C)C(=O)O. The van der Waals surface area contributed by atoms with Crippen molar-refractivity contribution in [3.05, 3.63) is 28.2 Å². The third kappa shape index (κ3) is 2.65. The van der Waals surface area contributed by atoms with Crippen molar-refractivity contribution in [1.82, 2.24) is 4.90 Å². The van der Waals surface area contributed by atoms with Gasteiger partial charge in [-0.05, 0) is 50.5 Å². The van der Waals surface area contributed by atoms with Crippen molar-refractivity contribution in [2.75, 3.05) is 11.9 Å². The zero-order valence-corrected chi connectivity index (χ0v) is 13.0. The van der Waals surface area contributed by atoms with Gasteiger partial charge in [0.1, 0.15) is 5.54 Å². The van der Waals surface area contributed by atoms with Gasteiger partial charge in [0.25, 0.3) is 0 Å². The number of urea groups is 1. The predicted octanol–water partition coefficient (Wildman–Crippen LogP) is 3.23. The van der Waals surface area contributed by atoms with Crippen LogP contribution >= 0.6 is 15.9 Å². The molecule has 1 aliphatic rings. The third-order valence-corrected chi connectivity index (χ3v) is 4.27. The largest absolute Gasteiger partial charge is 0.480 e. The van der Waals surface area contributed by atoms with Crippen LogP contribution in [-0.4, -0.2) is 34.1 Å². The van der Waals surface area contributed by atoms with Crippen LogP contribution < -0.4 is 5.32 Å². The minimum Gasteiger partial charge on any atom is -0.480 e. The molecular weight excluding hydrogens is 324 g/mol. The number of aryl methyl sites for hydroxylation is 1. The molecule has 0 radical (unpaired) electrons. The summed E-state index contributed by atoms with van der Waals surface area (Å²) in [6, 6.07) is 5.17. The molecule has 0 aliphatic carbocycles. The first-order chi connectivity index (χ1) is 9.34. The molecule has 20 heavy (non-hydrogen) atoms. The molecule has 108 valence electrons. The van der Waals surface area contributed by atoms with Crippen LogP contribution in [0.3, 0.4) is 0 Å². The van der Waals surface area contributed by atoms with Crippen molar-refractivity contribution in [2.24, 2.45) is 0 Å². The van der Waals surface area contributed by atoms with Gasteiger partial charge in [0.05, 0.1) is 0 Å². The smallest absolute Gasteiger partial charge is 0.329 e. The summed E-state index contributed by atoms with van der Waals surface area (Å²) in [6.07, 6.45) is 1.19. The fourth-order valence-corrected chi connectivity index (χ4v) is 2.94. The Balaban J connectivity index is 2.18. The number of carbonyl (C=O) groups is 2. The van der Waals surface area contributed by atoms with E-state index in [0.29, 0.717) is 25.1 Å². The molecule has 0 saturated carbocycles. The van der Waals surface area contributed by atoms with Crippen LogP contribution in [0.4, 0.5) is 10.5 Å². The molecule has 2 rings (SSSR count). The van der Waals surface area contributed by atoms with Crippen LogP contribution in [0, 0.1) is 6.92 Å². The van der Waals surface area contributed by atoms with E-state index < -0.39 is 11.5 Å². The highest BCUT2D eigenvalue weighted by Crippen LogP contribution is 2.30. The third-order valence-electron chi connectivity index (χ3n) is 3.78. The molecule has 1 atom stereocenters. The number of amides is 2. The van der Waals surface area contributed by atoms with Crippen molar-refractivity contribution in [1.29, 1.82) is 0 Å². The Morgan fingerprint density at radius 3 is 2.75 bits per heavy atom. The Morgan fingerprint density at radius 2 is 2.15 bits per heavy atom. The molecule has 1 aromatic rings. The second kappa shape index (κ2) is 5.44. The highest BCUT2D eigenvalue weighted by Gasteiger charge is 2.46. The van der Waals surface area contributed by atoms with Gasteiger partial charge < -0.3 is 15.3 Å². The van der Waals surface area contributed by atoms with Gasteiger partial charge in [0, 0.05) is 16.7 Å². The van der Waals surface area contributed by atoms with Crippen molar-refractivity contribution in [3.8, 4) is 0 Å². The van der Waals surface area contributed by atoms with E-state index >= 15 is 0 Å². The monoisotopic (exact) mass is 340 g/mol. The van der Waals surface area contributed by atoms with Gasteiger partial charge in [0.15, 0.2) is 0 Å². The van der Waals surface area contributed by atoms with E-state index in [9.17, 15) is 14.7 Å². The van der Waals surface area contributed by atoms with Crippen molar-refractivity contribution in [2.45, 2.75) is 32.2 Å². The molecule has 1 aromatic carbocycles. The number of nitrogens with zero attached hydrogens (tertiary/aromatic N) is 1. The van der Waals surface area contributed by atoms with E-state index in [2.05, 4.69) is 21.2 Å². The number of carboxylic acids is 1. The summed E-state index contributed by atoms with van der Waals surface area (Å²) in [4.78, 5) is 25.1. The summed E-state index contributed by atoms with van der Waals surface area (Å²) < 4.78 is 0.935. The number of hydrogen-bond acceptors (Lipinski definition) is 2. The zero-order chi connectivity index (χ0) is 14.9. The summed E-state index contributed by atoms with van der Waals surface area (Å²) >= 11 is 3.37. The van der Waals surface area contributed by atoms with Gasteiger partial charge in [-0.15, -0.1) is 0 Å². The zero-order valence-electron chi connectivity index (χ0n) is 11.4. The Kier molecular flexibility index (Phi) is 4.04. The average Bonchev–Trinajstić information content (AvgIpc) is 2.76. The lowest BCUT2D eigenvalue weighted by molar-refractivity contribution is -0.146. The maximum absolute atomic E-state index is 12.3. The van der Waals surface area contributed by atoms with E-state index in [-0.39, 0.29) is 6.03 Å². The maximum atomic E-state index is 12.3. The van der Waals surface area contributed by atoms with Crippen molar-refractivity contribution < 1.29 is 14.7 Å². The van der Waals surface area contributed by atoms with E-state index in [4.69, 9.17) is 0 Å². The highest BCUT2D eigenvalue weighted by molar-refractivity contribution is 9.10. The Labute approximate surface area is 126 Å². The highest BCUT2D eigenvalue weighted by atomic mass is 79.9. The van der Waals surface area contributed by atoms with Crippen molar-refractivity contribution in [3.63, 3.8) is 0 Å². The molecule has 5 nitrogen and oxygen atoms in total. The van der Waals surface area contributed by atoms with E-state index in [1.165, 1.54) is 4.90 Å². The predicted molar refractivity (Wildman–Crippen MR) is 79.9 cm³/mol. The van der Waals surface area contributed by atoms with Crippen LogP contribution in [-0.2, 0) is 4.79 Å². The summed E-state index contributed by atoms with van der Waals surface area (Å²) in [5.41, 5.74) is 0.495. The molecule has 2 N–H and O–H groups in total. The number of halogens is 1. The van der Waals surface area contributed by atoms with Gasteiger partial charge in [-0.25, -0.2) is 9.59 Å². The number of hydrogen-bond donors (Lipinski definition) is 2. The van der Waals surface area contributed by atoms with Gasteiger partial charge in [-0.3, -0.25) is 0 Å². The molecule has 1 fully saturated rings. The number of anilines is 1. The van der Waals surface area contributed by atoms with Gasteiger partial charge in [0.2, 0.25) is 0 Å². The second-order valence-electron chi connectivity index (χ2n) is 5.22. The normalized spacial score (nSPS) is 21.9. The fraction of sp³-hybridized carbons (Fsp3) is 0.429. The molecular formula is C14H17BrN2O3. The minimum atomic E-state index is -1.12. The molecule has 0 aromatic heterocycles. The molecule has 6 heteroatoms. The minimum absolute atomic E-state index is 0.363. The molecule has 1 unspecified atom stereocenters. The van der Waals surface area contributed by atoms with E-state index in [1.807, 2.05) is 19.1 Å². The Morgan fingerprint density at radius 1 is 1.45 bits per heavy atom. The number of nitrogens with one attached hydrogen (secondary N) is 1. The molecule has 1 aliphatic heterocycles. The molecule has 2 amide bonds. The van der Waals surface area contributed by atoms with Crippen molar-refractivity contribution >= 4 is 33.6 Å². The van der Waals surface area contributed by atoms with Crippen LogP contribution in [0.5, 0.6) is 0 Å². The Hall–Kier alpha value is -1.56. The van der Waals surface area contributed by atoms with E-state index in [1.54, 1.807) is 13.0 Å². The van der Waals surface area contributed by atoms with Crippen LogP contribution in [0.15, 0.2) is 22.7 Å². The summed E-state index contributed by atoms with van der Waals surface area (Å²) in [7, 11) is 0. The quantitative estimate of drug-likeness (QED) is 0.868. The number of carbonyl (C=O) groups excluding carboxylic acids is 1. The first-order valence-electron chi connectivity index (χ1n) is 6.43. The first-order valence-corrected chi connectivity index (χ1v) is 7.22. The van der Waals surface area contributed by atoms with Gasteiger partial charge in [-0.1, -0.05) is 15.9 Å². The molecule has 0 spiro atoms. The lowest BCUT2D eigenvalue weighted by Gasteiger charge is -2.31. The summed E-state index contributed by atoms with van der Waals surface area (Å²) in [5, 5.41) is 12.1. The number of benzene rings is 1. The molecule has 1 saturated heterocycles. The average molecular weight is 341 g/mol. The number of carboxylic acid groups (broad SMARTS) is 1. The summed E-state index contributed by atoms with van der Waals surface area (Å²) in [6.45, 7) is 3.95. The number of rotatable bonds is 2. The lowest BCUT2D eigenvalue weighted by atomic mass is 10.00. The molecule has 1 heterocycles. The molecule has 0 bridgehead atoms. The topological polar surface area (TPSA) is 69.6 Å². The Bertz CT molecular complexity index is 561. The lowest BCUT2D eigenvalue weighted by Crippen LogP contribution is -2.52. The van der Waals surface area contributed by atoms with Gasteiger partial charge in [-0.2, -0.15) is 0 Å². The van der Waals surface area contributed by atoms with E-state index in [0.717, 1.165) is 10.0 Å². The van der Waals surface area contributed by atoms with Gasteiger partial charge >= 0.3 is 12.0 Å². The number of likely N-dealkylation sites (tertiary alicyclic amines) is 1. The van der Waals surface area contributed by atoms with Crippen LogP contribution in [0.1, 0.15) is 25.3 Å². The van der Waals surface area contributed by atoms with Crippen LogP contribution in [0.2, 0.25) is 0 Å². The first kappa shape index (κ1) is 14.8.